The Labute approximate surface area is 89.7 Å². The van der Waals surface area contributed by atoms with E-state index in [0.29, 0.717) is 0 Å². The average molecular weight is 211 g/mol. The molecule has 3 heteroatoms. The molecule has 0 spiro atoms. The number of benzene rings is 1. The molecule has 0 unspecified atom stereocenters. The van der Waals surface area contributed by atoms with Crippen molar-refractivity contribution in [2.24, 2.45) is 0 Å². The van der Waals surface area contributed by atoms with Gasteiger partial charge in [-0.05, 0) is 37.5 Å². The predicted octanol–water partition coefficient (Wildman–Crippen LogP) is 2.83. The number of hydrogen-bond donors (Lipinski definition) is 1. The monoisotopic (exact) mass is 210 g/mol. The molecule has 0 aliphatic carbocycles. The summed E-state index contributed by atoms with van der Waals surface area (Å²) in [6.45, 7) is 4.30. The molecule has 2 nitrogen and oxygen atoms in total. The first-order chi connectivity index (χ1) is 6.68. The number of rotatable bonds is 1. The third-order valence-corrected chi connectivity index (χ3v) is 2.99. The van der Waals surface area contributed by atoms with Gasteiger partial charge in [-0.15, -0.1) is 0 Å². The summed E-state index contributed by atoms with van der Waals surface area (Å²) in [7, 11) is 0. The molecule has 0 atom stereocenters. The standard InChI is InChI=1S/C11H15ClN2/c1-8-6-9(13)7-10(12)11(8)14-4-2-3-5-14/h6-7H,2-5,13H2,1H3. The van der Waals surface area contributed by atoms with Crippen LogP contribution in [0.25, 0.3) is 0 Å². The normalized spacial score (nSPS) is 16.3. The van der Waals surface area contributed by atoms with Gasteiger partial charge in [-0.2, -0.15) is 0 Å². The van der Waals surface area contributed by atoms with E-state index in [1.165, 1.54) is 24.1 Å². The molecule has 0 saturated carbocycles. The Morgan fingerprint density at radius 3 is 2.50 bits per heavy atom. The molecule has 1 aromatic rings. The van der Waals surface area contributed by atoms with Crippen molar-refractivity contribution in [3.8, 4) is 0 Å². The first kappa shape index (κ1) is 9.66. The van der Waals surface area contributed by atoms with E-state index >= 15 is 0 Å². The van der Waals surface area contributed by atoms with Crippen molar-refractivity contribution in [1.29, 1.82) is 0 Å². The van der Waals surface area contributed by atoms with Crippen molar-refractivity contribution in [3.05, 3.63) is 22.7 Å². The van der Waals surface area contributed by atoms with Gasteiger partial charge in [-0.25, -0.2) is 0 Å². The maximum atomic E-state index is 6.19. The van der Waals surface area contributed by atoms with E-state index in [0.717, 1.165) is 23.8 Å². The Morgan fingerprint density at radius 2 is 1.93 bits per heavy atom. The van der Waals surface area contributed by atoms with Crippen LogP contribution in [0.3, 0.4) is 0 Å². The first-order valence-electron chi connectivity index (χ1n) is 4.99. The van der Waals surface area contributed by atoms with Crippen LogP contribution in [0.15, 0.2) is 12.1 Å². The molecule has 2 N–H and O–H groups in total. The van der Waals surface area contributed by atoms with Gasteiger partial charge in [0.25, 0.3) is 0 Å². The van der Waals surface area contributed by atoms with Gasteiger partial charge in [-0.3, -0.25) is 0 Å². The highest BCUT2D eigenvalue weighted by Gasteiger charge is 2.17. The largest absolute Gasteiger partial charge is 0.399 e. The van der Waals surface area contributed by atoms with E-state index in [1.807, 2.05) is 12.1 Å². The molecule has 2 rings (SSSR count). The SMILES string of the molecule is Cc1cc(N)cc(Cl)c1N1CCCC1. The zero-order chi connectivity index (χ0) is 10.1. The predicted molar refractivity (Wildman–Crippen MR) is 62.0 cm³/mol. The van der Waals surface area contributed by atoms with Crippen molar-refractivity contribution in [2.45, 2.75) is 19.8 Å². The molecule has 1 aliphatic heterocycles. The van der Waals surface area contributed by atoms with Crippen molar-refractivity contribution in [1.82, 2.24) is 0 Å². The summed E-state index contributed by atoms with van der Waals surface area (Å²) in [6.07, 6.45) is 2.53. The highest BCUT2D eigenvalue weighted by Crippen LogP contribution is 2.33. The average Bonchev–Trinajstić information content (AvgIpc) is 2.54. The van der Waals surface area contributed by atoms with Gasteiger partial charge in [0.15, 0.2) is 0 Å². The summed E-state index contributed by atoms with van der Waals surface area (Å²) < 4.78 is 0. The highest BCUT2D eigenvalue weighted by atomic mass is 35.5. The Bertz CT molecular complexity index is 320. The van der Waals surface area contributed by atoms with Crippen LogP contribution in [0.1, 0.15) is 18.4 Å². The third kappa shape index (κ3) is 1.67. The lowest BCUT2D eigenvalue weighted by atomic mass is 10.1. The Hall–Kier alpha value is -0.890. The zero-order valence-electron chi connectivity index (χ0n) is 8.39. The summed E-state index contributed by atoms with van der Waals surface area (Å²) >= 11 is 6.19. The van der Waals surface area contributed by atoms with E-state index in [-0.39, 0.29) is 0 Å². The van der Waals surface area contributed by atoms with E-state index in [1.54, 1.807) is 0 Å². The fourth-order valence-corrected chi connectivity index (χ4v) is 2.50. The molecule has 14 heavy (non-hydrogen) atoms. The van der Waals surface area contributed by atoms with E-state index in [2.05, 4.69) is 11.8 Å². The minimum absolute atomic E-state index is 0.746. The molecule has 0 radical (unpaired) electrons. The second-order valence-corrected chi connectivity index (χ2v) is 4.27. The molecule has 1 aliphatic rings. The number of anilines is 2. The zero-order valence-corrected chi connectivity index (χ0v) is 9.14. The van der Waals surface area contributed by atoms with Crippen LogP contribution in [-0.4, -0.2) is 13.1 Å². The quantitative estimate of drug-likeness (QED) is 0.723. The summed E-state index contributed by atoms with van der Waals surface area (Å²) in [4.78, 5) is 2.34. The maximum Gasteiger partial charge on any atom is 0.0662 e. The minimum atomic E-state index is 0.746. The lowest BCUT2D eigenvalue weighted by Gasteiger charge is -2.21. The van der Waals surface area contributed by atoms with Crippen molar-refractivity contribution in [3.63, 3.8) is 0 Å². The van der Waals surface area contributed by atoms with Crippen LogP contribution in [0.4, 0.5) is 11.4 Å². The van der Waals surface area contributed by atoms with Gasteiger partial charge in [0.1, 0.15) is 0 Å². The minimum Gasteiger partial charge on any atom is -0.399 e. The van der Waals surface area contributed by atoms with Crippen LogP contribution in [-0.2, 0) is 0 Å². The number of nitrogen functional groups attached to an aromatic ring is 1. The van der Waals surface area contributed by atoms with E-state index < -0.39 is 0 Å². The van der Waals surface area contributed by atoms with E-state index in [9.17, 15) is 0 Å². The number of aryl methyl sites for hydroxylation is 1. The number of nitrogens with two attached hydrogens (primary N) is 1. The van der Waals surface area contributed by atoms with Crippen LogP contribution < -0.4 is 10.6 Å². The van der Waals surface area contributed by atoms with E-state index in [4.69, 9.17) is 17.3 Å². The van der Waals surface area contributed by atoms with Crippen molar-refractivity contribution < 1.29 is 0 Å². The van der Waals surface area contributed by atoms with Gasteiger partial charge in [0.05, 0.1) is 10.7 Å². The smallest absolute Gasteiger partial charge is 0.0662 e. The molecule has 1 saturated heterocycles. The molecular weight excluding hydrogens is 196 g/mol. The summed E-state index contributed by atoms with van der Waals surface area (Å²) in [6, 6.07) is 3.82. The van der Waals surface area contributed by atoms with Gasteiger partial charge < -0.3 is 10.6 Å². The van der Waals surface area contributed by atoms with Crippen LogP contribution in [0.5, 0.6) is 0 Å². The second-order valence-electron chi connectivity index (χ2n) is 3.86. The number of halogens is 1. The van der Waals surface area contributed by atoms with Crippen LogP contribution in [0.2, 0.25) is 5.02 Å². The van der Waals surface area contributed by atoms with Gasteiger partial charge in [0.2, 0.25) is 0 Å². The lowest BCUT2D eigenvalue weighted by molar-refractivity contribution is 0.949. The van der Waals surface area contributed by atoms with Crippen LogP contribution >= 0.6 is 11.6 Å². The van der Waals surface area contributed by atoms with Crippen molar-refractivity contribution >= 4 is 23.0 Å². The Kier molecular flexibility index (Phi) is 2.55. The van der Waals surface area contributed by atoms with Crippen molar-refractivity contribution in [2.75, 3.05) is 23.7 Å². The number of nitrogens with zero attached hydrogens (tertiary/aromatic N) is 1. The molecule has 0 bridgehead atoms. The molecule has 0 aromatic heterocycles. The molecular formula is C11H15ClN2. The third-order valence-electron chi connectivity index (χ3n) is 2.70. The molecule has 1 heterocycles. The van der Waals surface area contributed by atoms with Gasteiger partial charge in [-0.1, -0.05) is 11.6 Å². The lowest BCUT2D eigenvalue weighted by Crippen LogP contribution is -2.19. The fraction of sp³-hybridized carbons (Fsp3) is 0.455. The van der Waals surface area contributed by atoms with Crippen LogP contribution in [0, 0.1) is 6.92 Å². The molecule has 0 amide bonds. The first-order valence-corrected chi connectivity index (χ1v) is 5.37. The van der Waals surface area contributed by atoms with Gasteiger partial charge >= 0.3 is 0 Å². The maximum absolute atomic E-state index is 6.19. The molecule has 1 aromatic carbocycles. The second kappa shape index (κ2) is 3.70. The summed E-state index contributed by atoms with van der Waals surface area (Å²) in [5, 5.41) is 0.782. The Balaban J connectivity index is 2.40. The highest BCUT2D eigenvalue weighted by molar-refractivity contribution is 6.33. The summed E-state index contributed by atoms with van der Waals surface area (Å²) in [5.74, 6) is 0. The molecule has 1 fully saturated rings. The summed E-state index contributed by atoms with van der Waals surface area (Å²) in [5.41, 5.74) is 8.81. The molecule has 76 valence electrons. The van der Waals surface area contributed by atoms with Gasteiger partial charge in [0, 0.05) is 18.8 Å². The topological polar surface area (TPSA) is 29.3 Å². The number of hydrogen-bond acceptors (Lipinski definition) is 2. The Morgan fingerprint density at radius 1 is 1.29 bits per heavy atom. The fourth-order valence-electron chi connectivity index (χ4n) is 2.10.